The van der Waals surface area contributed by atoms with Gasteiger partial charge in [0.25, 0.3) is 11.8 Å². The van der Waals surface area contributed by atoms with Crippen molar-refractivity contribution >= 4 is 17.8 Å². The van der Waals surface area contributed by atoms with E-state index >= 15 is 0 Å². The number of carbonyl (C=O) groups excluding carboxylic acids is 3. The molecule has 0 spiro atoms. The Bertz CT molecular complexity index is 1180. The Labute approximate surface area is 179 Å². The highest BCUT2D eigenvalue weighted by molar-refractivity contribution is 6.21. The maximum Gasteiger partial charge on any atom is 0.417 e. The third kappa shape index (κ3) is 3.72. The van der Waals surface area contributed by atoms with Crippen molar-refractivity contribution in [2.45, 2.75) is 13.1 Å². The number of hydrogen-bond donors (Lipinski definition) is 0. The van der Waals surface area contributed by atoms with Crippen LogP contribution in [0.25, 0.3) is 5.82 Å². The van der Waals surface area contributed by atoms with Crippen molar-refractivity contribution in [3.8, 4) is 5.82 Å². The van der Waals surface area contributed by atoms with E-state index in [9.17, 15) is 27.6 Å². The average Bonchev–Trinajstić information content (AvgIpc) is 3.26. The third-order valence-electron chi connectivity index (χ3n) is 4.95. The Morgan fingerprint density at radius 3 is 2.25 bits per heavy atom. The molecule has 0 radical (unpaired) electrons. The molecular weight excluding hydrogens is 429 g/mol. The summed E-state index contributed by atoms with van der Waals surface area (Å²) in [5.74, 6) is -1.57. The number of fused-ring (bicyclic) bond motifs is 1. The number of amides is 2. The van der Waals surface area contributed by atoms with Crippen molar-refractivity contribution in [2.24, 2.45) is 0 Å². The highest BCUT2D eigenvalue weighted by Gasteiger charge is 2.35. The monoisotopic (exact) mass is 444 g/mol. The predicted octanol–water partition coefficient (Wildman–Crippen LogP) is 3.05. The van der Waals surface area contributed by atoms with E-state index in [1.54, 1.807) is 24.3 Å². The van der Waals surface area contributed by atoms with Gasteiger partial charge in [0.1, 0.15) is 12.2 Å². The summed E-state index contributed by atoms with van der Waals surface area (Å²) in [6.07, 6.45) is -2.63. The van der Waals surface area contributed by atoms with E-state index in [0.29, 0.717) is 23.0 Å². The van der Waals surface area contributed by atoms with Gasteiger partial charge in [0.2, 0.25) is 0 Å². The third-order valence-corrected chi connectivity index (χ3v) is 4.95. The lowest BCUT2D eigenvalue weighted by Gasteiger charge is -2.13. The molecule has 0 unspecified atom stereocenters. The van der Waals surface area contributed by atoms with Gasteiger partial charge in [-0.2, -0.15) is 18.3 Å². The number of benzene rings is 1. The summed E-state index contributed by atoms with van der Waals surface area (Å²) in [5.41, 5.74) is 0.0749. The first-order valence-electron chi connectivity index (χ1n) is 9.39. The molecular formula is C21H15F3N4O4. The highest BCUT2D eigenvalue weighted by atomic mass is 19.4. The summed E-state index contributed by atoms with van der Waals surface area (Å²) < 4.78 is 44.5. The second-order valence-electron chi connectivity index (χ2n) is 6.90. The van der Waals surface area contributed by atoms with E-state index in [1.165, 1.54) is 17.8 Å². The molecule has 2 amide bonds. The quantitative estimate of drug-likeness (QED) is 0.444. The molecule has 1 aliphatic heterocycles. The van der Waals surface area contributed by atoms with Gasteiger partial charge >= 0.3 is 12.1 Å². The molecule has 0 aliphatic carbocycles. The van der Waals surface area contributed by atoms with Crippen molar-refractivity contribution in [3.63, 3.8) is 0 Å². The Morgan fingerprint density at radius 2 is 1.69 bits per heavy atom. The van der Waals surface area contributed by atoms with Gasteiger partial charge in [-0.15, -0.1) is 0 Å². The summed E-state index contributed by atoms with van der Waals surface area (Å²) >= 11 is 0. The van der Waals surface area contributed by atoms with Crippen LogP contribution in [0.3, 0.4) is 0 Å². The molecule has 0 saturated carbocycles. The summed E-state index contributed by atoms with van der Waals surface area (Å²) in [5, 5.41) is 3.99. The molecule has 0 saturated heterocycles. The molecule has 164 valence electrons. The van der Waals surface area contributed by atoms with E-state index in [0.717, 1.165) is 17.0 Å². The maximum atomic E-state index is 12.7. The zero-order chi connectivity index (χ0) is 23.0. The first-order chi connectivity index (χ1) is 15.2. The van der Waals surface area contributed by atoms with Crippen LogP contribution in [0.15, 0.2) is 48.8 Å². The highest BCUT2D eigenvalue weighted by Crippen LogP contribution is 2.29. The van der Waals surface area contributed by atoms with Gasteiger partial charge in [-0.1, -0.05) is 12.1 Å². The zero-order valence-electron chi connectivity index (χ0n) is 16.6. The van der Waals surface area contributed by atoms with Gasteiger partial charge < -0.3 is 4.74 Å². The van der Waals surface area contributed by atoms with Crippen molar-refractivity contribution in [1.82, 2.24) is 19.7 Å². The lowest BCUT2D eigenvalue weighted by Crippen LogP contribution is -2.33. The number of aromatic nitrogens is 3. The molecule has 4 rings (SSSR count). The van der Waals surface area contributed by atoms with E-state index in [1.807, 2.05) is 0 Å². The van der Waals surface area contributed by atoms with Gasteiger partial charge in [-0.05, 0) is 31.2 Å². The zero-order valence-corrected chi connectivity index (χ0v) is 16.6. The predicted molar refractivity (Wildman–Crippen MR) is 103 cm³/mol. The Hall–Kier alpha value is -4.02. The van der Waals surface area contributed by atoms with Gasteiger partial charge in [-0.25, -0.2) is 14.5 Å². The standard InChI is InChI=1S/C21H15F3N4O4/c1-12-16(11-26-28(12)17-7-6-13(10-25-17)21(22,23)24)20(31)32-9-8-27-18(29)14-4-2-3-5-15(14)19(27)30/h2-7,10-11H,8-9H2,1H3. The average molecular weight is 444 g/mol. The number of rotatable bonds is 5. The molecule has 0 atom stereocenters. The molecule has 0 bridgehead atoms. The van der Waals surface area contributed by atoms with Gasteiger partial charge in [0.05, 0.1) is 35.1 Å². The minimum atomic E-state index is -4.51. The van der Waals surface area contributed by atoms with Crippen LogP contribution in [0.4, 0.5) is 13.2 Å². The number of imide groups is 1. The molecule has 0 N–H and O–H groups in total. The number of hydrogen-bond acceptors (Lipinski definition) is 6. The van der Waals surface area contributed by atoms with Crippen LogP contribution in [-0.2, 0) is 10.9 Å². The molecule has 32 heavy (non-hydrogen) atoms. The molecule has 3 aromatic rings. The second-order valence-corrected chi connectivity index (χ2v) is 6.90. The molecule has 3 heterocycles. The van der Waals surface area contributed by atoms with Crippen LogP contribution < -0.4 is 0 Å². The minimum absolute atomic E-state index is 0.0778. The molecule has 1 aliphatic rings. The molecule has 8 nitrogen and oxygen atoms in total. The summed E-state index contributed by atoms with van der Waals surface area (Å²) in [6.45, 7) is 1.19. The molecule has 1 aromatic carbocycles. The smallest absolute Gasteiger partial charge is 0.417 e. The lowest BCUT2D eigenvalue weighted by atomic mass is 10.1. The van der Waals surface area contributed by atoms with E-state index in [4.69, 9.17) is 4.74 Å². The Balaban J connectivity index is 1.41. The second kappa shape index (κ2) is 7.91. The number of alkyl halides is 3. The van der Waals surface area contributed by atoms with Crippen LogP contribution >= 0.6 is 0 Å². The van der Waals surface area contributed by atoms with Crippen molar-refractivity contribution in [3.05, 3.63) is 76.7 Å². The fourth-order valence-electron chi connectivity index (χ4n) is 3.27. The fraction of sp³-hybridized carbons (Fsp3) is 0.190. The van der Waals surface area contributed by atoms with Crippen LogP contribution in [0.5, 0.6) is 0 Å². The number of nitrogens with zero attached hydrogens (tertiary/aromatic N) is 4. The van der Waals surface area contributed by atoms with Crippen LogP contribution in [-0.4, -0.2) is 50.6 Å². The lowest BCUT2D eigenvalue weighted by molar-refractivity contribution is -0.137. The molecule has 2 aromatic heterocycles. The first kappa shape index (κ1) is 21.2. The summed E-state index contributed by atoms with van der Waals surface area (Å²) in [6, 6.07) is 8.41. The van der Waals surface area contributed by atoms with E-state index < -0.39 is 29.5 Å². The Morgan fingerprint density at radius 1 is 1.03 bits per heavy atom. The first-order valence-corrected chi connectivity index (χ1v) is 9.39. The van der Waals surface area contributed by atoms with Crippen LogP contribution in [0.2, 0.25) is 0 Å². The SMILES string of the molecule is Cc1c(C(=O)OCCN2C(=O)c3ccccc3C2=O)cnn1-c1ccc(C(F)(F)F)cn1. The minimum Gasteiger partial charge on any atom is -0.460 e. The number of halogens is 3. The molecule has 0 fully saturated rings. The summed E-state index contributed by atoms with van der Waals surface area (Å²) in [4.78, 5) is 41.8. The fourth-order valence-corrected chi connectivity index (χ4v) is 3.27. The van der Waals surface area contributed by atoms with E-state index in [2.05, 4.69) is 10.1 Å². The van der Waals surface area contributed by atoms with Gasteiger partial charge in [0.15, 0.2) is 5.82 Å². The maximum absolute atomic E-state index is 12.7. The van der Waals surface area contributed by atoms with Gasteiger partial charge in [-0.3, -0.25) is 14.5 Å². The van der Waals surface area contributed by atoms with Crippen LogP contribution in [0.1, 0.15) is 42.3 Å². The van der Waals surface area contributed by atoms with Crippen molar-refractivity contribution in [1.29, 1.82) is 0 Å². The molecule has 11 heteroatoms. The number of pyridine rings is 1. The topological polar surface area (TPSA) is 94.4 Å². The van der Waals surface area contributed by atoms with Crippen molar-refractivity contribution < 1.29 is 32.3 Å². The Kier molecular flexibility index (Phi) is 5.25. The number of ether oxygens (including phenoxy) is 1. The van der Waals surface area contributed by atoms with Crippen molar-refractivity contribution in [2.75, 3.05) is 13.2 Å². The van der Waals surface area contributed by atoms with Crippen LogP contribution in [0, 0.1) is 6.92 Å². The summed E-state index contributed by atoms with van der Waals surface area (Å²) in [7, 11) is 0. The van der Waals surface area contributed by atoms with Gasteiger partial charge in [0, 0.05) is 6.20 Å². The normalized spacial score (nSPS) is 13.4. The number of esters is 1. The van der Waals surface area contributed by atoms with E-state index in [-0.39, 0.29) is 24.5 Å². The number of carbonyl (C=O) groups is 3. The largest absolute Gasteiger partial charge is 0.460 e.